The first-order chi connectivity index (χ1) is 15.3. The number of carbonyl (C=O) groups is 1. The van der Waals surface area contributed by atoms with Crippen LogP contribution < -0.4 is 4.74 Å². The van der Waals surface area contributed by atoms with Crippen molar-refractivity contribution < 1.29 is 19.2 Å². The van der Waals surface area contributed by atoms with Gasteiger partial charge < -0.3 is 14.4 Å². The number of nitrogens with zero attached hydrogens (tertiary/aromatic N) is 2. The molecular formula is C25H25ClN2O4. The summed E-state index contributed by atoms with van der Waals surface area (Å²) in [6.07, 6.45) is 4.29. The molecule has 1 aliphatic rings. The van der Waals surface area contributed by atoms with E-state index in [0.717, 1.165) is 35.1 Å². The smallest absolute Gasteiger partial charge is 0.306 e. The molecule has 3 aromatic rings. The molecule has 6 nitrogen and oxygen atoms in total. The van der Waals surface area contributed by atoms with Crippen molar-refractivity contribution in [1.82, 2.24) is 10.1 Å². The van der Waals surface area contributed by atoms with Crippen LogP contribution in [0.15, 0.2) is 47.0 Å². The van der Waals surface area contributed by atoms with Gasteiger partial charge in [-0.05, 0) is 68.0 Å². The van der Waals surface area contributed by atoms with Crippen LogP contribution in [0, 0.1) is 5.92 Å². The van der Waals surface area contributed by atoms with E-state index in [4.69, 9.17) is 26.0 Å². The average molecular weight is 453 g/mol. The van der Waals surface area contributed by atoms with Gasteiger partial charge in [-0.2, -0.15) is 4.98 Å². The molecule has 1 atom stereocenters. The quantitative estimate of drug-likeness (QED) is 0.432. The molecule has 32 heavy (non-hydrogen) atoms. The summed E-state index contributed by atoms with van der Waals surface area (Å²) in [5.74, 6) is 0.385. The monoisotopic (exact) mass is 452 g/mol. The minimum absolute atomic E-state index is 0.0272. The number of carboxylic acid groups (broad SMARTS) is 1. The van der Waals surface area contributed by atoms with Gasteiger partial charge in [0.25, 0.3) is 5.89 Å². The minimum Gasteiger partial charge on any atom is -0.489 e. The zero-order valence-corrected chi connectivity index (χ0v) is 19.0. The van der Waals surface area contributed by atoms with E-state index in [1.807, 2.05) is 32.0 Å². The Bertz CT molecular complexity index is 1180. The van der Waals surface area contributed by atoms with Crippen LogP contribution in [-0.4, -0.2) is 27.3 Å². The Kier molecular flexibility index (Phi) is 6.33. The van der Waals surface area contributed by atoms with E-state index in [-0.39, 0.29) is 12.0 Å². The highest BCUT2D eigenvalue weighted by Crippen LogP contribution is 2.38. The van der Waals surface area contributed by atoms with Crippen LogP contribution in [0.3, 0.4) is 0 Å². The number of rotatable bonds is 8. The Morgan fingerprint density at radius 1 is 1.22 bits per heavy atom. The van der Waals surface area contributed by atoms with Crippen molar-refractivity contribution in [3.8, 4) is 28.6 Å². The number of hydrogen-bond donors (Lipinski definition) is 1. The number of aliphatic carboxylic acids is 1. The fourth-order valence-corrected chi connectivity index (χ4v) is 4.04. The summed E-state index contributed by atoms with van der Waals surface area (Å²) in [5, 5.41) is 13.8. The van der Waals surface area contributed by atoms with Crippen LogP contribution in [0.25, 0.3) is 28.4 Å². The Balaban J connectivity index is 1.56. The van der Waals surface area contributed by atoms with Crippen LogP contribution in [0.5, 0.6) is 5.75 Å². The molecule has 0 fully saturated rings. The van der Waals surface area contributed by atoms with Crippen molar-refractivity contribution in [3.05, 3.63) is 58.6 Å². The van der Waals surface area contributed by atoms with Gasteiger partial charge in [0.05, 0.1) is 17.0 Å². The molecule has 4 rings (SSSR count). The maximum absolute atomic E-state index is 11.1. The van der Waals surface area contributed by atoms with E-state index in [1.165, 1.54) is 5.57 Å². The van der Waals surface area contributed by atoms with Gasteiger partial charge in [0, 0.05) is 11.1 Å². The summed E-state index contributed by atoms with van der Waals surface area (Å²) in [6, 6.07) is 11.4. The van der Waals surface area contributed by atoms with E-state index in [0.29, 0.717) is 28.9 Å². The van der Waals surface area contributed by atoms with E-state index in [1.54, 1.807) is 19.1 Å². The van der Waals surface area contributed by atoms with Gasteiger partial charge in [-0.25, -0.2) is 0 Å². The lowest BCUT2D eigenvalue weighted by molar-refractivity contribution is -0.141. The summed E-state index contributed by atoms with van der Waals surface area (Å²) in [4.78, 5) is 15.7. The molecule has 0 amide bonds. The highest BCUT2D eigenvalue weighted by Gasteiger charge is 2.22. The second kappa shape index (κ2) is 9.17. The van der Waals surface area contributed by atoms with Crippen molar-refractivity contribution in [2.45, 2.75) is 46.1 Å². The van der Waals surface area contributed by atoms with Gasteiger partial charge in [-0.3, -0.25) is 4.79 Å². The van der Waals surface area contributed by atoms with Crippen molar-refractivity contribution in [2.75, 3.05) is 0 Å². The third-order valence-corrected chi connectivity index (χ3v) is 5.85. The van der Waals surface area contributed by atoms with E-state index in [9.17, 15) is 4.79 Å². The molecule has 0 saturated heterocycles. The number of aromatic nitrogens is 2. The maximum Gasteiger partial charge on any atom is 0.306 e. The summed E-state index contributed by atoms with van der Waals surface area (Å²) in [5.41, 5.74) is 5.08. The summed E-state index contributed by atoms with van der Waals surface area (Å²) < 4.78 is 11.2. The number of ether oxygens (including phenoxy) is 1. The number of fused-ring (bicyclic) bond motifs is 1. The van der Waals surface area contributed by atoms with Crippen LogP contribution in [0.2, 0.25) is 5.02 Å². The first-order valence-electron chi connectivity index (χ1n) is 10.7. The Labute approximate surface area is 191 Å². The lowest BCUT2D eigenvalue weighted by atomic mass is 9.95. The van der Waals surface area contributed by atoms with Crippen molar-refractivity contribution in [3.63, 3.8) is 0 Å². The lowest BCUT2D eigenvalue weighted by Gasteiger charge is -2.11. The molecule has 1 heterocycles. The van der Waals surface area contributed by atoms with E-state index < -0.39 is 5.97 Å². The number of hydrogen-bond acceptors (Lipinski definition) is 5. The second-order valence-electron chi connectivity index (χ2n) is 8.28. The summed E-state index contributed by atoms with van der Waals surface area (Å²) in [7, 11) is 0. The molecule has 7 heteroatoms. The molecule has 1 aromatic heterocycles. The summed E-state index contributed by atoms with van der Waals surface area (Å²) in [6.45, 7) is 5.63. The zero-order chi connectivity index (χ0) is 22.8. The molecule has 1 aliphatic carbocycles. The minimum atomic E-state index is -0.763. The predicted molar refractivity (Wildman–Crippen MR) is 124 cm³/mol. The zero-order valence-electron chi connectivity index (χ0n) is 18.3. The highest BCUT2D eigenvalue weighted by atomic mass is 35.5. The third kappa shape index (κ3) is 4.55. The third-order valence-electron chi connectivity index (χ3n) is 5.55. The van der Waals surface area contributed by atoms with Gasteiger partial charge in [-0.15, -0.1) is 0 Å². The average Bonchev–Trinajstić information content (AvgIpc) is 3.40. The topological polar surface area (TPSA) is 85.5 Å². The molecule has 0 spiro atoms. The lowest BCUT2D eigenvalue weighted by Crippen LogP contribution is -2.09. The van der Waals surface area contributed by atoms with Crippen molar-refractivity contribution in [1.29, 1.82) is 0 Å². The SMILES string of the molecule is CC(C)Oc1ccc(-c2nc(-c3cccc4c3CC=C4CC[C@H](C)C(=O)O)no2)cc1Cl. The Hall–Kier alpha value is -3.12. The molecule has 166 valence electrons. The fourth-order valence-electron chi connectivity index (χ4n) is 3.82. The van der Waals surface area contributed by atoms with Gasteiger partial charge in [0.1, 0.15) is 5.75 Å². The molecule has 1 N–H and O–H groups in total. The highest BCUT2D eigenvalue weighted by molar-refractivity contribution is 6.32. The van der Waals surface area contributed by atoms with Crippen LogP contribution in [0.1, 0.15) is 44.7 Å². The molecule has 2 aromatic carbocycles. The molecule has 0 bridgehead atoms. The van der Waals surface area contributed by atoms with E-state index >= 15 is 0 Å². The molecule has 0 unspecified atom stereocenters. The van der Waals surface area contributed by atoms with Gasteiger partial charge >= 0.3 is 5.97 Å². The van der Waals surface area contributed by atoms with Crippen LogP contribution in [-0.2, 0) is 11.2 Å². The summed E-state index contributed by atoms with van der Waals surface area (Å²) >= 11 is 6.35. The number of halogens is 1. The molecule has 0 saturated carbocycles. The maximum atomic E-state index is 11.1. The largest absolute Gasteiger partial charge is 0.489 e. The van der Waals surface area contributed by atoms with Gasteiger partial charge in [0.15, 0.2) is 0 Å². The molecule has 0 radical (unpaired) electrons. The number of allylic oxidation sites excluding steroid dienone is 2. The van der Waals surface area contributed by atoms with Crippen LogP contribution >= 0.6 is 11.6 Å². The van der Waals surface area contributed by atoms with Crippen molar-refractivity contribution >= 4 is 23.1 Å². The number of carboxylic acids is 1. The molecule has 0 aliphatic heterocycles. The van der Waals surface area contributed by atoms with Gasteiger partial charge in [-0.1, -0.05) is 48.0 Å². The standard InChI is InChI=1S/C25H25ClN2O4/c1-14(2)31-22-12-10-17(13-21(22)26)24-27-23(28-32-24)20-6-4-5-18-16(9-11-19(18)20)8-7-15(3)25(29)30/h4-6,9-10,12-15H,7-8,11H2,1-3H3,(H,29,30)/t15-/m0/s1. The molecular weight excluding hydrogens is 428 g/mol. The number of benzene rings is 2. The van der Waals surface area contributed by atoms with Gasteiger partial charge in [0.2, 0.25) is 5.82 Å². The van der Waals surface area contributed by atoms with E-state index in [2.05, 4.69) is 22.3 Å². The fraction of sp³-hybridized carbons (Fsp3) is 0.320. The predicted octanol–water partition coefficient (Wildman–Crippen LogP) is 6.28. The normalized spacial score (nSPS) is 13.7. The van der Waals surface area contributed by atoms with Crippen LogP contribution in [0.4, 0.5) is 0 Å². The second-order valence-corrected chi connectivity index (χ2v) is 8.69. The Morgan fingerprint density at radius 3 is 2.72 bits per heavy atom. The first-order valence-corrected chi connectivity index (χ1v) is 11.1. The van der Waals surface area contributed by atoms with Crippen molar-refractivity contribution in [2.24, 2.45) is 5.92 Å². The Morgan fingerprint density at radius 2 is 2.00 bits per heavy atom. The first kappa shape index (κ1) is 22.1.